The summed E-state index contributed by atoms with van der Waals surface area (Å²) in [4.78, 5) is 2.56. The largest absolute Gasteiger partial charge is 0.399 e. The summed E-state index contributed by atoms with van der Waals surface area (Å²) >= 11 is 1.65. The lowest BCUT2D eigenvalue weighted by molar-refractivity contribution is 0.221. The third kappa shape index (κ3) is 5.41. The van der Waals surface area contributed by atoms with Gasteiger partial charge in [-0.1, -0.05) is 30.5 Å². The minimum absolute atomic E-state index is 0.772. The van der Waals surface area contributed by atoms with Gasteiger partial charge in [-0.2, -0.15) is 5.10 Å². The number of nitrogen functional groups attached to an aromatic ring is 1. The van der Waals surface area contributed by atoms with Crippen LogP contribution in [0.3, 0.4) is 0 Å². The van der Waals surface area contributed by atoms with Crippen molar-refractivity contribution >= 4 is 34.2 Å². The molecule has 138 valence electrons. The third-order valence-electron chi connectivity index (χ3n) is 4.47. The number of likely N-dealkylation sites (tertiary alicyclic amines) is 1. The summed E-state index contributed by atoms with van der Waals surface area (Å²) in [6, 6.07) is 14.4. The Morgan fingerprint density at radius 3 is 2.81 bits per heavy atom. The zero-order valence-electron chi connectivity index (χ0n) is 15.2. The second kappa shape index (κ2) is 9.50. The fraction of sp³-hybridized carbons (Fsp3) is 0.350. The first-order chi connectivity index (χ1) is 12.7. The molecule has 0 aliphatic carbocycles. The molecule has 4 N–H and O–H groups in total. The van der Waals surface area contributed by atoms with Crippen molar-refractivity contribution in [1.29, 1.82) is 0 Å². The van der Waals surface area contributed by atoms with Gasteiger partial charge in [0.15, 0.2) is 0 Å². The summed E-state index contributed by atoms with van der Waals surface area (Å²) in [6.07, 6.45) is 7.94. The summed E-state index contributed by atoms with van der Waals surface area (Å²) in [5, 5.41) is 7.76. The number of hydrogen-bond acceptors (Lipinski definition) is 5. The van der Waals surface area contributed by atoms with E-state index < -0.39 is 0 Å². The Hall–Kier alpha value is -2.18. The van der Waals surface area contributed by atoms with E-state index in [0.717, 1.165) is 23.1 Å². The topological polar surface area (TPSA) is 70.0 Å². The monoisotopic (exact) mass is 369 g/mol. The van der Waals surface area contributed by atoms with Gasteiger partial charge in [0.1, 0.15) is 0 Å². The van der Waals surface area contributed by atoms with E-state index in [1.54, 1.807) is 18.1 Å². The van der Waals surface area contributed by atoms with Crippen molar-refractivity contribution in [3.63, 3.8) is 0 Å². The molecule has 2 aromatic carbocycles. The van der Waals surface area contributed by atoms with Crippen LogP contribution in [0.2, 0.25) is 0 Å². The van der Waals surface area contributed by atoms with Crippen molar-refractivity contribution in [2.75, 3.05) is 29.8 Å². The van der Waals surface area contributed by atoms with Crippen LogP contribution in [0.4, 0.5) is 11.4 Å². The van der Waals surface area contributed by atoms with E-state index in [2.05, 4.69) is 50.3 Å². The Bertz CT molecular complexity index is 811. The molecule has 0 bridgehead atoms. The van der Waals surface area contributed by atoms with Crippen molar-refractivity contribution in [2.24, 2.45) is 0 Å². The van der Waals surface area contributed by atoms with E-state index in [4.69, 9.17) is 5.73 Å². The maximum Gasteiger partial charge on any atom is 0.0651 e. The van der Waals surface area contributed by atoms with Crippen LogP contribution in [0.25, 0.3) is 10.9 Å². The second-order valence-electron chi connectivity index (χ2n) is 6.56. The van der Waals surface area contributed by atoms with E-state index in [1.807, 2.05) is 18.2 Å². The van der Waals surface area contributed by atoms with E-state index >= 15 is 0 Å². The number of nitrogens with zero attached hydrogens (tertiary/aromatic N) is 2. The first-order valence-corrected chi connectivity index (χ1v) is 10.3. The maximum atomic E-state index is 5.54. The van der Waals surface area contributed by atoms with Crippen LogP contribution < -0.4 is 10.5 Å². The van der Waals surface area contributed by atoms with Crippen LogP contribution in [0.15, 0.2) is 48.7 Å². The highest BCUT2D eigenvalue weighted by atomic mass is 32.2. The SMILES string of the molecule is CSNc1cccc(CN2CCCCC2)c1.Nc1ccc2[nH]ncc2c1. The molecule has 3 aromatic rings. The maximum absolute atomic E-state index is 5.54. The number of H-pyrrole nitrogens is 1. The lowest BCUT2D eigenvalue weighted by Crippen LogP contribution is -2.29. The summed E-state index contributed by atoms with van der Waals surface area (Å²) in [6.45, 7) is 3.63. The van der Waals surface area contributed by atoms with Gasteiger partial charge in [-0.15, -0.1) is 0 Å². The summed E-state index contributed by atoms with van der Waals surface area (Å²) in [7, 11) is 0. The Balaban J connectivity index is 0.000000167. The zero-order valence-corrected chi connectivity index (χ0v) is 16.1. The molecule has 1 fully saturated rings. The molecule has 0 spiro atoms. The van der Waals surface area contributed by atoms with Gasteiger partial charge >= 0.3 is 0 Å². The van der Waals surface area contributed by atoms with Crippen LogP contribution in [0, 0.1) is 0 Å². The van der Waals surface area contributed by atoms with Crippen molar-refractivity contribution < 1.29 is 0 Å². The van der Waals surface area contributed by atoms with Gasteiger partial charge in [0.05, 0.1) is 11.7 Å². The van der Waals surface area contributed by atoms with Crippen molar-refractivity contribution in [3.8, 4) is 0 Å². The summed E-state index contributed by atoms with van der Waals surface area (Å²) in [5.41, 5.74) is 9.96. The molecule has 1 saturated heterocycles. The highest BCUT2D eigenvalue weighted by Crippen LogP contribution is 2.17. The molecule has 0 unspecified atom stereocenters. The van der Waals surface area contributed by atoms with Crippen molar-refractivity contribution in [2.45, 2.75) is 25.8 Å². The van der Waals surface area contributed by atoms with Gasteiger partial charge in [-0.25, -0.2) is 0 Å². The Kier molecular flexibility index (Phi) is 6.80. The molecule has 1 aliphatic rings. The standard InChI is InChI=1S/C13H20N2S.C7H7N3/c1-16-14-13-7-5-6-12(10-13)11-15-8-3-2-4-9-15;8-6-1-2-7-5(3-6)4-9-10-7/h5-7,10,14H,2-4,8-9,11H2,1H3;1-4H,8H2,(H,9,10). The molecule has 6 heteroatoms. The molecule has 4 rings (SSSR count). The normalized spacial score (nSPS) is 14.7. The molecular formula is C20H27N5S. The first kappa shape index (κ1) is 18.6. The first-order valence-electron chi connectivity index (χ1n) is 9.03. The molecule has 0 atom stereocenters. The molecule has 1 aliphatic heterocycles. The number of aromatic nitrogens is 2. The van der Waals surface area contributed by atoms with Crippen LogP contribution in [0.1, 0.15) is 24.8 Å². The third-order valence-corrected chi connectivity index (χ3v) is 4.91. The zero-order chi connectivity index (χ0) is 18.2. The molecular weight excluding hydrogens is 342 g/mol. The van der Waals surface area contributed by atoms with E-state index in [1.165, 1.54) is 43.6 Å². The number of fused-ring (bicyclic) bond motifs is 1. The predicted molar refractivity (Wildman–Crippen MR) is 113 cm³/mol. The number of benzene rings is 2. The lowest BCUT2D eigenvalue weighted by atomic mass is 10.1. The minimum atomic E-state index is 0.772. The molecule has 0 saturated carbocycles. The van der Waals surface area contributed by atoms with E-state index in [0.29, 0.717) is 0 Å². The molecule has 26 heavy (non-hydrogen) atoms. The average molecular weight is 370 g/mol. The fourth-order valence-corrected chi connectivity index (χ4v) is 3.55. The number of piperidine rings is 1. The van der Waals surface area contributed by atoms with Gasteiger partial charge in [0.25, 0.3) is 0 Å². The predicted octanol–water partition coefficient (Wildman–Crippen LogP) is 4.51. The van der Waals surface area contributed by atoms with Crippen LogP contribution in [-0.2, 0) is 6.54 Å². The summed E-state index contributed by atoms with van der Waals surface area (Å²) < 4.78 is 3.28. The molecule has 2 heterocycles. The minimum Gasteiger partial charge on any atom is -0.399 e. The van der Waals surface area contributed by atoms with Gasteiger partial charge in [-0.3, -0.25) is 10.00 Å². The van der Waals surface area contributed by atoms with E-state index in [-0.39, 0.29) is 0 Å². The van der Waals surface area contributed by atoms with Crippen molar-refractivity contribution in [1.82, 2.24) is 15.1 Å². The quantitative estimate of drug-likeness (QED) is 0.466. The Morgan fingerprint density at radius 2 is 2.00 bits per heavy atom. The molecule has 0 amide bonds. The number of nitrogens with one attached hydrogen (secondary N) is 2. The van der Waals surface area contributed by atoms with Gasteiger partial charge in [-0.05, 0) is 61.8 Å². The van der Waals surface area contributed by atoms with Crippen LogP contribution in [0.5, 0.6) is 0 Å². The Morgan fingerprint density at radius 1 is 1.15 bits per heavy atom. The second-order valence-corrected chi connectivity index (χ2v) is 7.17. The van der Waals surface area contributed by atoms with E-state index in [9.17, 15) is 0 Å². The van der Waals surface area contributed by atoms with Crippen LogP contribution >= 0.6 is 11.9 Å². The van der Waals surface area contributed by atoms with Gasteiger partial charge in [0.2, 0.25) is 0 Å². The van der Waals surface area contributed by atoms with Gasteiger partial charge in [0, 0.05) is 29.6 Å². The molecule has 1 aromatic heterocycles. The Labute approximate surface area is 159 Å². The summed E-state index contributed by atoms with van der Waals surface area (Å²) in [5.74, 6) is 0. The number of nitrogens with two attached hydrogens (primary N) is 1. The highest BCUT2D eigenvalue weighted by Gasteiger charge is 2.10. The molecule has 0 radical (unpaired) electrons. The van der Waals surface area contributed by atoms with Gasteiger partial charge < -0.3 is 10.5 Å². The smallest absolute Gasteiger partial charge is 0.0651 e. The number of aromatic amines is 1. The number of hydrogen-bond donors (Lipinski definition) is 3. The highest BCUT2D eigenvalue weighted by molar-refractivity contribution is 7.99. The number of anilines is 2. The van der Waals surface area contributed by atoms with Crippen molar-refractivity contribution in [3.05, 3.63) is 54.2 Å². The fourth-order valence-electron chi connectivity index (χ4n) is 3.19. The lowest BCUT2D eigenvalue weighted by Gasteiger charge is -2.26. The average Bonchev–Trinajstić information content (AvgIpc) is 3.11. The molecule has 5 nitrogen and oxygen atoms in total. The number of rotatable bonds is 4. The van der Waals surface area contributed by atoms with Crippen LogP contribution in [-0.4, -0.2) is 34.4 Å².